The zero-order valence-corrected chi connectivity index (χ0v) is 29.1. The Morgan fingerprint density at radius 1 is 0.913 bits per heavy atom. The van der Waals surface area contributed by atoms with E-state index in [9.17, 15) is 5.26 Å². The van der Waals surface area contributed by atoms with Gasteiger partial charge in [-0.3, -0.25) is 0 Å². The molecule has 0 N–H and O–H groups in total. The Bertz CT molecular complexity index is 1320. The Balaban J connectivity index is 1.74. The van der Waals surface area contributed by atoms with Crippen LogP contribution >= 0.6 is 8.53 Å². The first-order chi connectivity index (χ1) is 22.3. The van der Waals surface area contributed by atoms with Gasteiger partial charge in [0.2, 0.25) is 0 Å². The van der Waals surface area contributed by atoms with Crippen LogP contribution in [0.1, 0.15) is 57.2 Å². The molecule has 0 radical (unpaired) electrons. The van der Waals surface area contributed by atoms with Gasteiger partial charge in [0.15, 0.2) is 0 Å². The fourth-order valence-corrected chi connectivity index (χ4v) is 7.77. The molecule has 0 spiro atoms. The highest BCUT2D eigenvalue weighted by molar-refractivity contribution is 7.44. The summed E-state index contributed by atoms with van der Waals surface area (Å²) in [7, 11) is 4.89. The molecule has 1 aliphatic rings. The molecule has 4 rings (SSSR count). The van der Waals surface area contributed by atoms with Crippen molar-refractivity contribution >= 4 is 23.4 Å². The van der Waals surface area contributed by atoms with Crippen LogP contribution < -0.4 is 9.47 Å². The van der Waals surface area contributed by atoms with Gasteiger partial charge >= 0.3 is 0 Å². The molecule has 1 heterocycles. The van der Waals surface area contributed by atoms with E-state index in [1.54, 1.807) is 14.2 Å². The molecule has 1 aliphatic heterocycles. The lowest BCUT2D eigenvalue weighted by Gasteiger charge is -2.39. The maximum atomic E-state index is 9.19. The van der Waals surface area contributed by atoms with Crippen molar-refractivity contribution in [1.29, 1.82) is 5.26 Å². The molecule has 1 saturated heterocycles. The smallest absolute Gasteiger partial charge is 0.259 e. The monoisotopic (exact) mass is 644 g/mol. The minimum atomic E-state index is -1.44. The molecule has 1 fully saturated rings. The van der Waals surface area contributed by atoms with Crippen molar-refractivity contribution in [3.63, 3.8) is 0 Å². The number of benzene rings is 3. The predicted octanol–water partition coefficient (Wildman–Crippen LogP) is 5.77. The van der Waals surface area contributed by atoms with Crippen LogP contribution in [0, 0.1) is 11.3 Å². The molecule has 4 atom stereocenters. The highest BCUT2D eigenvalue weighted by Crippen LogP contribution is 2.50. The van der Waals surface area contributed by atoms with Crippen LogP contribution in [0.15, 0.2) is 78.9 Å². The fraction of sp³-hybridized carbons (Fsp3) is 0.457. The van der Waals surface area contributed by atoms with Gasteiger partial charge < -0.3 is 28.0 Å². The summed E-state index contributed by atoms with van der Waals surface area (Å²) in [6.45, 7) is 9.17. The minimum Gasteiger partial charge on any atom is -0.497 e. The summed E-state index contributed by atoms with van der Waals surface area (Å²) in [6, 6.07) is 29.0. The predicted molar refractivity (Wildman–Crippen MR) is 187 cm³/mol. The number of ether oxygens (including phenoxy) is 4. The Morgan fingerprint density at radius 3 is 1.93 bits per heavy atom. The summed E-state index contributed by atoms with van der Waals surface area (Å²) in [6.07, 6.45) is 0.452. The molecule has 3 aromatic rings. The second-order valence-corrected chi connectivity index (χ2v) is 13.4. The van der Waals surface area contributed by atoms with E-state index in [1.807, 2.05) is 42.5 Å². The average Bonchev–Trinajstić information content (AvgIpc) is 3.47. The second-order valence-electron chi connectivity index (χ2n) is 11.9. The third-order valence-corrected chi connectivity index (χ3v) is 10.4. The van der Waals surface area contributed by atoms with Crippen molar-refractivity contribution in [2.75, 3.05) is 27.4 Å². The summed E-state index contributed by atoms with van der Waals surface area (Å²) in [5.41, 5.74) is 1.94. The van der Waals surface area contributed by atoms with Gasteiger partial charge in [-0.2, -0.15) is 5.26 Å². The van der Waals surface area contributed by atoms with Gasteiger partial charge in [-0.25, -0.2) is 4.67 Å². The second kappa shape index (κ2) is 17.3. The number of hydrogen-bond donors (Lipinski definition) is 0. The summed E-state index contributed by atoms with van der Waals surface area (Å²) in [5, 5.41) is 9.19. The van der Waals surface area contributed by atoms with E-state index in [-0.39, 0.29) is 36.9 Å². The van der Waals surface area contributed by atoms with Crippen LogP contribution in [-0.4, -0.2) is 77.3 Å². The van der Waals surface area contributed by atoms with Crippen molar-refractivity contribution in [2.45, 2.75) is 76.4 Å². The summed E-state index contributed by atoms with van der Waals surface area (Å²) < 4.78 is 40.2. The Morgan fingerprint density at radius 2 is 1.46 bits per heavy atom. The van der Waals surface area contributed by atoms with Gasteiger partial charge in [0.05, 0.1) is 53.8 Å². The molecule has 0 saturated carbocycles. The van der Waals surface area contributed by atoms with Crippen molar-refractivity contribution < 1.29 is 28.0 Å². The lowest BCUT2D eigenvalue weighted by molar-refractivity contribution is -0.0715. The van der Waals surface area contributed by atoms with E-state index in [1.165, 1.54) is 0 Å². The van der Waals surface area contributed by atoms with Crippen LogP contribution in [-0.2, 0) is 24.1 Å². The molecule has 0 bridgehead atoms. The quantitative estimate of drug-likeness (QED) is 0.0793. The number of hydrogen-bond acceptors (Lipinski definition) is 8. The summed E-state index contributed by atoms with van der Waals surface area (Å²) >= 11 is 0. The third-order valence-electron chi connectivity index (χ3n) is 8.26. The molecule has 46 heavy (non-hydrogen) atoms. The lowest BCUT2D eigenvalue weighted by atomic mass is 9.51. The topological polar surface area (TPSA) is 82.4 Å². The van der Waals surface area contributed by atoms with Gasteiger partial charge in [-0.15, -0.1) is 0 Å². The Kier molecular flexibility index (Phi) is 13.5. The van der Waals surface area contributed by atoms with Crippen LogP contribution in [0.4, 0.5) is 0 Å². The molecule has 0 aromatic heterocycles. The van der Waals surface area contributed by atoms with Gasteiger partial charge in [0, 0.05) is 18.1 Å². The lowest BCUT2D eigenvalue weighted by Crippen LogP contribution is -2.39. The first-order valence-corrected chi connectivity index (χ1v) is 17.3. The SMILES string of the molecule is BB[C@H]1CC(OP(OCCC#N)N(C(C)C)C(C)C)[C@@H](COC(c2ccccc2)(c2ccc(OC)cc2)c2ccc(OC)cc2)O1. The third kappa shape index (κ3) is 8.52. The average molecular weight is 644 g/mol. The number of nitriles is 1. The molecule has 11 heteroatoms. The minimum absolute atomic E-state index is 0.0363. The van der Waals surface area contributed by atoms with Crippen LogP contribution in [0.2, 0.25) is 0 Å². The zero-order chi connectivity index (χ0) is 33.1. The molecule has 3 aromatic carbocycles. The molecule has 0 aliphatic carbocycles. The summed E-state index contributed by atoms with van der Waals surface area (Å²) in [5.74, 6) is 1.53. The van der Waals surface area contributed by atoms with E-state index in [4.69, 9.17) is 28.0 Å². The first-order valence-electron chi connectivity index (χ1n) is 16.2. The molecular formula is C35H47B2N2O6P. The number of rotatable bonds is 17. The van der Waals surface area contributed by atoms with Crippen molar-refractivity contribution in [1.82, 2.24) is 4.67 Å². The number of nitrogens with zero attached hydrogens (tertiary/aromatic N) is 2. The largest absolute Gasteiger partial charge is 0.497 e. The van der Waals surface area contributed by atoms with Crippen LogP contribution in [0.25, 0.3) is 0 Å². The van der Waals surface area contributed by atoms with Crippen molar-refractivity contribution in [3.8, 4) is 17.6 Å². The first kappa shape index (κ1) is 36.0. The number of methoxy groups -OCH3 is 2. The van der Waals surface area contributed by atoms with E-state index < -0.39 is 14.1 Å². The van der Waals surface area contributed by atoms with E-state index >= 15 is 0 Å². The Hall–Kier alpha value is -2.89. The van der Waals surface area contributed by atoms with Crippen molar-refractivity contribution in [3.05, 3.63) is 95.6 Å². The van der Waals surface area contributed by atoms with Gasteiger partial charge in [0.25, 0.3) is 8.53 Å². The standard InChI is InChI=1S/C35H47B2N2O6P/c1-25(2)39(26(3)4)46(43-22-10-21-38)45-32-23-34(37-36)44-33(32)24-42-35(27-11-8-7-9-12-27,28-13-17-30(40-5)18-14-28)29-15-19-31(41-6)20-16-29/h7-9,11-20,25-26,32-34,37H,10,22-24,36H2,1-6H3/t32?,33-,34-,46?/m1/s1. The van der Waals surface area contributed by atoms with E-state index in [0.29, 0.717) is 13.0 Å². The summed E-state index contributed by atoms with van der Waals surface area (Å²) in [4.78, 5) is 0. The maximum Gasteiger partial charge on any atom is 0.259 e. The normalized spacial score (nSPS) is 18.9. The fourth-order valence-electron chi connectivity index (χ4n) is 6.01. The van der Waals surface area contributed by atoms with Gasteiger partial charge in [0.1, 0.15) is 30.4 Å². The highest BCUT2D eigenvalue weighted by atomic mass is 31.2. The van der Waals surface area contributed by atoms with E-state index in [0.717, 1.165) is 41.8 Å². The maximum absolute atomic E-state index is 9.19. The highest BCUT2D eigenvalue weighted by Gasteiger charge is 2.44. The Labute approximate surface area is 277 Å². The zero-order valence-electron chi connectivity index (χ0n) is 28.2. The van der Waals surface area contributed by atoms with Crippen molar-refractivity contribution in [2.24, 2.45) is 0 Å². The van der Waals surface area contributed by atoms with Gasteiger partial charge in [-0.05, 0) is 75.1 Å². The van der Waals surface area contributed by atoms with Crippen LogP contribution in [0.3, 0.4) is 0 Å². The molecular weight excluding hydrogens is 597 g/mol. The molecule has 2 unspecified atom stereocenters. The van der Waals surface area contributed by atoms with Gasteiger partial charge in [-0.1, -0.05) is 54.6 Å². The van der Waals surface area contributed by atoms with E-state index in [2.05, 4.69) is 82.6 Å². The molecule has 244 valence electrons. The van der Waals surface area contributed by atoms with Crippen LogP contribution in [0.5, 0.6) is 11.5 Å². The molecule has 8 nitrogen and oxygen atoms in total. The molecule has 0 amide bonds.